The first-order chi connectivity index (χ1) is 16.7. The monoisotopic (exact) mass is 487 g/mol. The molecule has 0 spiro atoms. The van der Waals surface area contributed by atoms with E-state index in [-0.39, 0.29) is 23.4 Å². The van der Waals surface area contributed by atoms with Crippen molar-refractivity contribution < 1.29 is 32.2 Å². The Morgan fingerprint density at radius 2 is 1.71 bits per heavy atom. The Kier molecular flexibility index (Phi) is 6.47. The highest BCUT2D eigenvalue weighted by atomic mass is 19.4. The molecule has 0 saturated carbocycles. The average molecular weight is 487 g/mol. The Morgan fingerprint density at radius 1 is 1.03 bits per heavy atom. The van der Waals surface area contributed by atoms with Crippen LogP contribution in [0.3, 0.4) is 0 Å². The minimum atomic E-state index is -4.66. The van der Waals surface area contributed by atoms with E-state index < -0.39 is 17.9 Å². The van der Waals surface area contributed by atoms with Crippen molar-refractivity contribution in [3.8, 4) is 17.2 Å². The molecule has 1 aliphatic carbocycles. The number of alkyl halides is 3. The summed E-state index contributed by atoms with van der Waals surface area (Å²) in [4.78, 5) is 16.8. The third-order valence-electron chi connectivity index (χ3n) is 5.81. The van der Waals surface area contributed by atoms with E-state index >= 15 is 0 Å². The van der Waals surface area contributed by atoms with Crippen molar-refractivity contribution in [2.24, 2.45) is 5.92 Å². The lowest BCUT2D eigenvalue weighted by atomic mass is 9.95. The maximum atomic E-state index is 13.9. The molecular formula is C25H24F3N3O4. The summed E-state index contributed by atoms with van der Waals surface area (Å²) in [6, 6.07) is 9.48. The van der Waals surface area contributed by atoms with Crippen LogP contribution in [0, 0.1) is 5.92 Å². The first kappa shape index (κ1) is 24.2. The summed E-state index contributed by atoms with van der Waals surface area (Å²) in [5, 5.41) is 2.85. The highest BCUT2D eigenvalue weighted by Crippen LogP contribution is 2.38. The molecule has 7 nitrogen and oxygen atoms in total. The zero-order chi connectivity index (χ0) is 25.3. The first-order valence-electron chi connectivity index (χ1n) is 10.7. The molecule has 10 heteroatoms. The van der Waals surface area contributed by atoms with Gasteiger partial charge in [0.05, 0.1) is 37.9 Å². The van der Waals surface area contributed by atoms with E-state index in [1.54, 1.807) is 42.5 Å². The second kappa shape index (κ2) is 9.36. The zero-order valence-electron chi connectivity index (χ0n) is 19.6. The van der Waals surface area contributed by atoms with Gasteiger partial charge < -0.3 is 19.5 Å². The smallest absolute Gasteiger partial charge is 0.450 e. The Morgan fingerprint density at radius 3 is 2.34 bits per heavy atom. The molecule has 1 atom stereocenters. The number of aromatic nitrogens is 2. The van der Waals surface area contributed by atoms with Gasteiger partial charge in [0, 0.05) is 23.4 Å². The van der Waals surface area contributed by atoms with Crippen LogP contribution in [0.5, 0.6) is 17.2 Å². The van der Waals surface area contributed by atoms with E-state index in [9.17, 15) is 18.0 Å². The third-order valence-corrected chi connectivity index (χ3v) is 5.81. The van der Waals surface area contributed by atoms with Crippen molar-refractivity contribution in [2.45, 2.75) is 19.5 Å². The number of fused-ring (bicyclic) bond motifs is 1. The summed E-state index contributed by atoms with van der Waals surface area (Å²) in [7, 11) is 4.39. The SMILES string of the molecule is COc1ccc(OC)c(C(=O)NC2=CC=C(n3c(C(F)(F)F)nc4cc(OC)ccc43)CC2C)c1. The maximum absolute atomic E-state index is 13.9. The number of benzene rings is 2. The van der Waals surface area contributed by atoms with Gasteiger partial charge in [-0.1, -0.05) is 6.92 Å². The van der Waals surface area contributed by atoms with E-state index in [0.717, 1.165) is 4.57 Å². The molecule has 0 aliphatic heterocycles. The summed E-state index contributed by atoms with van der Waals surface area (Å²) in [6.07, 6.45) is -1.22. The van der Waals surface area contributed by atoms with Gasteiger partial charge in [0.1, 0.15) is 17.2 Å². The number of halogens is 3. The number of carbonyl (C=O) groups is 1. The average Bonchev–Trinajstić information content (AvgIpc) is 3.24. The Labute approximate surface area is 199 Å². The van der Waals surface area contributed by atoms with E-state index in [2.05, 4.69) is 10.3 Å². The van der Waals surface area contributed by atoms with Crippen LogP contribution in [0.1, 0.15) is 29.5 Å². The van der Waals surface area contributed by atoms with Gasteiger partial charge in [0.15, 0.2) is 0 Å². The summed E-state index contributed by atoms with van der Waals surface area (Å²) in [6.45, 7) is 1.83. The number of nitrogens with one attached hydrogen (secondary N) is 1. The van der Waals surface area contributed by atoms with Crippen LogP contribution < -0.4 is 19.5 Å². The molecule has 1 amide bonds. The normalized spacial score (nSPS) is 15.9. The van der Waals surface area contributed by atoms with Crippen LogP contribution in [0.15, 0.2) is 54.2 Å². The molecule has 35 heavy (non-hydrogen) atoms. The van der Waals surface area contributed by atoms with Gasteiger partial charge in [0.25, 0.3) is 5.91 Å². The quantitative estimate of drug-likeness (QED) is 0.513. The summed E-state index contributed by atoms with van der Waals surface area (Å²) < 4.78 is 58.3. The van der Waals surface area contributed by atoms with Gasteiger partial charge in [-0.2, -0.15) is 13.2 Å². The highest BCUT2D eigenvalue weighted by molar-refractivity contribution is 5.98. The van der Waals surface area contributed by atoms with Crippen LogP contribution in [-0.2, 0) is 6.18 Å². The number of hydrogen-bond donors (Lipinski definition) is 1. The fourth-order valence-corrected chi connectivity index (χ4v) is 4.03. The van der Waals surface area contributed by atoms with Crippen molar-refractivity contribution >= 4 is 22.6 Å². The van der Waals surface area contributed by atoms with Crippen molar-refractivity contribution in [2.75, 3.05) is 21.3 Å². The van der Waals surface area contributed by atoms with Gasteiger partial charge in [-0.3, -0.25) is 9.36 Å². The van der Waals surface area contributed by atoms with E-state index in [4.69, 9.17) is 14.2 Å². The number of hydrogen-bond acceptors (Lipinski definition) is 5. The Hall–Kier alpha value is -3.95. The summed E-state index contributed by atoms with van der Waals surface area (Å²) in [5.41, 5.74) is 1.76. The topological polar surface area (TPSA) is 74.6 Å². The third kappa shape index (κ3) is 4.68. The van der Waals surface area contributed by atoms with Gasteiger partial charge >= 0.3 is 6.18 Å². The zero-order valence-corrected chi connectivity index (χ0v) is 19.6. The number of ether oxygens (including phenoxy) is 3. The molecule has 1 aromatic heterocycles. The predicted octanol–water partition coefficient (Wildman–Crippen LogP) is 5.28. The number of allylic oxidation sites excluding steroid dienone is 4. The van der Waals surface area contributed by atoms with E-state index in [1.807, 2.05) is 6.92 Å². The molecule has 184 valence electrons. The number of nitrogens with zero attached hydrogens (tertiary/aromatic N) is 2. The molecule has 3 aromatic rings. The second-order valence-corrected chi connectivity index (χ2v) is 8.03. The highest BCUT2D eigenvalue weighted by Gasteiger charge is 2.39. The second-order valence-electron chi connectivity index (χ2n) is 8.03. The van der Waals surface area contributed by atoms with Gasteiger partial charge in [-0.05, 0) is 48.9 Å². The standard InChI is InChI=1S/C25H24F3N3O4/c1-14-11-15(31-21-9-6-17(34-3)13-20(21)30-24(31)25(26,27)28)5-8-19(14)29-23(32)18-12-16(33-2)7-10-22(18)35-4/h5-10,12-14H,11H2,1-4H3,(H,29,32). The number of amides is 1. The lowest BCUT2D eigenvalue weighted by Gasteiger charge is -2.24. The minimum Gasteiger partial charge on any atom is -0.497 e. The fourth-order valence-electron chi connectivity index (χ4n) is 4.03. The molecule has 0 saturated heterocycles. The number of methoxy groups -OCH3 is 3. The van der Waals surface area contributed by atoms with E-state index in [1.165, 1.54) is 27.4 Å². The Bertz CT molecular complexity index is 1340. The molecule has 0 fully saturated rings. The predicted molar refractivity (Wildman–Crippen MR) is 124 cm³/mol. The van der Waals surface area contributed by atoms with Crippen LogP contribution in [0.25, 0.3) is 16.7 Å². The van der Waals surface area contributed by atoms with Crippen LogP contribution in [0.2, 0.25) is 0 Å². The van der Waals surface area contributed by atoms with Crippen LogP contribution in [0.4, 0.5) is 13.2 Å². The lowest BCUT2D eigenvalue weighted by Crippen LogP contribution is -2.28. The molecule has 1 aliphatic rings. The van der Waals surface area contributed by atoms with Gasteiger partial charge in [-0.25, -0.2) is 4.98 Å². The largest absolute Gasteiger partial charge is 0.497 e. The first-order valence-corrected chi connectivity index (χ1v) is 10.7. The molecule has 1 heterocycles. The van der Waals surface area contributed by atoms with Gasteiger partial charge in [-0.15, -0.1) is 0 Å². The molecule has 2 aromatic carbocycles. The minimum absolute atomic E-state index is 0.179. The number of carbonyl (C=O) groups excluding carboxylic acids is 1. The lowest BCUT2D eigenvalue weighted by molar-refractivity contribution is -0.145. The maximum Gasteiger partial charge on any atom is 0.450 e. The van der Waals surface area contributed by atoms with Crippen molar-refractivity contribution in [1.29, 1.82) is 0 Å². The summed E-state index contributed by atoms with van der Waals surface area (Å²) >= 11 is 0. The fraction of sp³-hybridized carbons (Fsp3) is 0.280. The molecule has 0 radical (unpaired) electrons. The molecule has 1 unspecified atom stereocenters. The van der Waals surface area contributed by atoms with E-state index in [0.29, 0.717) is 34.2 Å². The van der Waals surface area contributed by atoms with Crippen LogP contribution >= 0.6 is 0 Å². The molecule has 4 rings (SSSR count). The molecular weight excluding hydrogens is 463 g/mol. The molecule has 1 N–H and O–H groups in total. The van der Waals surface area contributed by atoms with Gasteiger partial charge in [0.2, 0.25) is 5.82 Å². The number of rotatable bonds is 6. The number of imidazole rings is 1. The van der Waals surface area contributed by atoms with Crippen molar-refractivity contribution in [3.63, 3.8) is 0 Å². The van der Waals surface area contributed by atoms with Crippen LogP contribution in [-0.4, -0.2) is 36.8 Å². The summed E-state index contributed by atoms with van der Waals surface area (Å²) in [5.74, 6) is -0.411. The molecule has 0 bridgehead atoms. The van der Waals surface area contributed by atoms with Crippen molar-refractivity contribution in [1.82, 2.24) is 14.9 Å². The Balaban J connectivity index is 1.70. The van der Waals surface area contributed by atoms with Crippen molar-refractivity contribution in [3.05, 3.63) is 65.6 Å².